The molecule has 0 radical (unpaired) electrons. The van der Waals surface area contributed by atoms with Gasteiger partial charge in [-0.25, -0.2) is 4.98 Å². The van der Waals surface area contributed by atoms with Gasteiger partial charge in [-0.05, 0) is 31.4 Å². The van der Waals surface area contributed by atoms with Gasteiger partial charge >= 0.3 is 0 Å². The van der Waals surface area contributed by atoms with Crippen LogP contribution in [-0.2, 0) is 11.2 Å². The molecular weight excluding hydrogens is 240 g/mol. The Kier molecular flexibility index (Phi) is 2.98. The summed E-state index contributed by atoms with van der Waals surface area (Å²) >= 11 is 0. The average molecular weight is 258 g/mol. The normalized spacial score (nSPS) is 22.2. The van der Waals surface area contributed by atoms with E-state index in [4.69, 9.17) is 5.73 Å². The molecule has 3 N–H and O–H groups in total. The van der Waals surface area contributed by atoms with Crippen molar-refractivity contribution >= 4 is 11.6 Å². The molecule has 1 aliphatic carbocycles. The largest absolute Gasteiger partial charge is 0.351 e. The number of aromatic nitrogens is 2. The highest BCUT2D eigenvalue weighted by atomic mass is 16.1. The summed E-state index contributed by atoms with van der Waals surface area (Å²) in [5.41, 5.74) is 8.74. The Balaban J connectivity index is 1.74. The number of aryl methyl sites for hydroxylation is 1. The van der Waals surface area contributed by atoms with Crippen LogP contribution in [0.2, 0.25) is 0 Å². The topological polar surface area (TPSA) is 72.4 Å². The number of rotatable bonds is 3. The maximum absolute atomic E-state index is 12.0. The lowest BCUT2D eigenvalue weighted by atomic mass is 9.87. The second-order valence-corrected chi connectivity index (χ2v) is 5.23. The van der Waals surface area contributed by atoms with Gasteiger partial charge < -0.3 is 15.5 Å². The van der Waals surface area contributed by atoms with Gasteiger partial charge in [0, 0.05) is 24.5 Å². The van der Waals surface area contributed by atoms with E-state index in [1.165, 1.54) is 0 Å². The average Bonchev–Trinajstić information content (AvgIpc) is 2.79. The van der Waals surface area contributed by atoms with E-state index in [1.807, 2.05) is 29.7 Å². The number of hydrogen-bond acceptors (Lipinski definition) is 3. The minimum atomic E-state index is 0.0171. The third-order valence-corrected chi connectivity index (χ3v) is 3.82. The number of imidazole rings is 1. The van der Waals surface area contributed by atoms with Crippen LogP contribution in [0.1, 0.15) is 24.1 Å². The van der Waals surface area contributed by atoms with Crippen molar-refractivity contribution in [2.75, 3.05) is 0 Å². The minimum Gasteiger partial charge on any atom is -0.351 e. The van der Waals surface area contributed by atoms with Crippen LogP contribution in [0.4, 0.5) is 0 Å². The molecule has 2 aromatic rings. The predicted octanol–water partition coefficient (Wildman–Crippen LogP) is 0.791. The molecule has 2 aromatic heterocycles. The summed E-state index contributed by atoms with van der Waals surface area (Å²) in [6.45, 7) is 2.01. The van der Waals surface area contributed by atoms with Crippen LogP contribution in [0.15, 0.2) is 24.5 Å². The van der Waals surface area contributed by atoms with Crippen LogP contribution >= 0.6 is 0 Å². The molecule has 0 unspecified atom stereocenters. The van der Waals surface area contributed by atoms with E-state index in [2.05, 4.69) is 10.3 Å². The summed E-state index contributed by atoms with van der Waals surface area (Å²) in [5.74, 6) is 0.0171. The number of nitrogens with one attached hydrogen (secondary N) is 1. The van der Waals surface area contributed by atoms with Gasteiger partial charge in [-0.3, -0.25) is 4.79 Å². The first-order valence-electron chi connectivity index (χ1n) is 6.61. The Morgan fingerprint density at radius 3 is 3.11 bits per heavy atom. The van der Waals surface area contributed by atoms with Crippen molar-refractivity contribution in [1.82, 2.24) is 14.7 Å². The minimum absolute atomic E-state index is 0.0171. The zero-order chi connectivity index (χ0) is 13.4. The van der Waals surface area contributed by atoms with Gasteiger partial charge in [-0.15, -0.1) is 0 Å². The summed E-state index contributed by atoms with van der Waals surface area (Å²) in [6, 6.07) is 4.24. The van der Waals surface area contributed by atoms with Crippen molar-refractivity contribution in [1.29, 1.82) is 0 Å². The Hall–Kier alpha value is -1.88. The maximum Gasteiger partial charge on any atom is 0.226 e. The van der Waals surface area contributed by atoms with Gasteiger partial charge in [0.05, 0.1) is 12.1 Å². The van der Waals surface area contributed by atoms with Gasteiger partial charge in [0.2, 0.25) is 5.91 Å². The zero-order valence-corrected chi connectivity index (χ0v) is 11.0. The zero-order valence-electron chi connectivity index (χ0n) is 11.0. The van der Waals surface area contributed by atoms with Crippen LogP contribution in [0.3, 0.4) is 0 Å². The van der Waals surface area contributed by atoms with Crippen LogP contribution in [-0.4, -0.2) is 27.4 Å². The second kappa shape index (κ2) is 4.66. The summed E-state index contributed by atoms with van der Waals surface area (Å²) < 4.78 is 1.97. The molecule has 0 aromatic carbocycles. The molecule has 1 aliphatic rings. The Morgan fingerprint density at radius 2 is 2.42 bits per heavy atom. The van der Waals surface area contributed by atoms with Crippen molar-refractivity contribution in [2.45, 2.75) is 38.3 Å². The molecule has 5 nitrogen and oxygen atoms in total. The lowest BCUT2D eigenvalue weighted by molar-refractivity contribution is -0.121. The molecule has 0 spiro atoms. The van der Waals surface area contributed by atoms with E-state index < -0.39 is 0 Å². The molecule has 3 rings (SSSR count). The summed E-state index contributed by atoms with van der Waals surface area (Å²) in [4.78, 5) is 16.3. The first-order chi connectivity index (χ1) is 9.15. The molecule has 0 saturated heterocycles. The van der Waals surface area contributed by atoms with Crippen LogP contribution < -0.4 is 11.1 Å². The van der Waals surface area contributed by atoms with Crippen molar-refractivity contribution in [3.05, 3.63) is 35.8 Å². The summed E-state index contributed by atoms with van der Waals surface area (Å²) in [6.07, 6.45) is 6.03. The van der Waals surface area contributed by atoms with E-state index in [0.717, 1.165) is 29.7 Å². The Morgan fingerprint density at radius 1 is 1.58 bits per heavy atom. The van der Waals surface area contributed by atoms with Gasteiger partial charge in [-0.1, -0.05) is 6.07 Å². The van der Waals surface area contributed by atoms with Gasteiger partial charge in [0.25, 0.3) is 0 Å². The number of fused-ring (bicyclic) bond motifs is 1. The lowest BCUT2D eigenvalue weighted by Crippen LogP contribution is -2.54. The standard InChI is InChI=1S/C14H18N4O/c1-9-3-2-6-18-10(8-16-14(9)18)7-13(19)17-12-5-4-11(12)15/h2-3,6,8,11-12H,4-5,7,15H2,1H3,(H,17,19)/t11-,12+/m0/s1. The lowest BCUT2D eigenvalue weighted by Gasteiger charge is -2.34. The Bertz CT molecular complexity index is 619. The molecule has 1 saturated carbocycles. The molecule has 100 valence electrons. The van der Waals surface area contributed by atoms with Gasteiger partial charge in [0.15, 0.2) is 0 Å². The highest BCUT2D eigenvalue weighted by Crippen LogP contribution is 2.17. The first kappa shape index (κ1) is 12.2. The number of nitrogens with two attached hydrogens (primary N) is 1. The third kappa shape index (κ3) is 2.21. The van der Waals surface area contributed by atoms with Crippen LogP contribution in [0.25, 0.3) is 5.65 Å². The van der Waals surface area contributed by atoms with Gasteiger partial charge in [0.1, 0.15) is 5.65 Å². The molecule has 2 atom stereocenters. The predicted molar refractivity (Wildman–Crippen MR) is 72.8 cm³/mol. The molecule has 19 heavy (non-hydrogen) atoms. The highest BCUT2D eigenvalue weighted by Gasteiger charge is 2.28. The van der Waals surface area contributed by atoms with Crippen molar-refractivity contribution in [2.24, 2.45) is 5.73 Å². The van der Waals surface area contributed by atoms with Crippen molar-refractivity contribution in [3.8, 4) is 0 Å². The van der Waals surface area contributed by atoms with E-state index in [0.29, 0.717) is 6.42 Å². The number of hydrogen-bond donors (Lipinski definition) is 2. The fourth-order valence-electron chi connectivity index (χ4n) is 2.46. The van der Waals surface area contributed by atoms with Crippen molar-refractivity contribution in [3.63, 3.8) is 0 Å². The van der Waals surface area contributed by atoms with E-state index in [-0.39, 0.29) is 18.0 Å². The summed E-state index contributed by atoms with van der Waals surface area (Å²) in [7, 11) is 0. The molecule has 0 bridgehead atoms. The first-order valence-corrected chi connectivity index (χ1v) is 6.61. The fourth-order valence-corrected chi connectivity index (χ4v) is 2.46. The molecule has 0 aliphatic heterocycles. The maximum atomic E-state index is 12.0. The Labute approximate surface area is 111 Å². The van der Waals surface area contributed by atoms with Crippen LogP contribution in [0, 0.1) is 6.92 Å². The van der Waals surface area contributed by atoms with Gasteiger partial charge in [-0.2, -0.15) is 0 Å². The molecular formula is C14H18N4O. The van der Waals surface area contributed by atoms with E-state index in [9.17, 15) is 4.79 Å². The molecule has 1 amide bonds. The van der Waals surface area contributed by atoms with E-state index >= 15 is 0 Å². The number of carbonyl (C=O) groups excluding carboxylic acids is 1. The number of pyridine rings is 1. The molecule has 1 fully saturated rings. The van der Waals surface area contributed by atoms with Crippen LogP contribution in [0.5, 0.6) is 0 Å². The van der Waals surface area contributed by atoms with E-state index in [1.54, 1.807) is 6.20 Å². The smallest absolute Gasteiger partial charge is 0.226 e. The summed E-state index contributed by atoms with van der Waals surface area (Å²) in [5, 5.41) is 2.98. The quantitative estimate of drug-likeness (QED) is 0.855. The van der Waals surface area contributed by atoms with Crippen molar-refractivity contribution < 1.29 is 4.79 Å². The number of carbonyl (C=O) groups is 1. The fraction of sp³-hybridized carbons (Fsp3) is 0.429. The SMILES string of the molecule is Cc1cccn2c(CC(=O)N[C@@H]3CC[C@@H]3N)cnc12. The monoisotopic (exact) mass is 258 g/mol. The highest BCUT2D eigenvalue weighted by molar-refractivity contribution is 5.79. The number of amides is 1. The number of nitrogens with zero attached hydrogens (tertiary/aromatic N) is 2. The third-order valence-electron chi connectivity index (χ3n) is 3.82. The molecule has 2 heterocycles. The molecule has 5 heteroatoms. The second-order valence-electron chi connectivity index (χ2n) is 5.23.